The Labute approximate surface area is 160 Å². The van der Waals surface area contributed by atoms with Gasteiger partial charge >= 0.3 is 6.09 Å². The van der Waals surface area contributed by atoms with E-state index in [2.05, 4.69) is 10.3 Å². The van der Waals surface area contributed by atoms with Crippen molar-refractivity contribution in [3.63, 3.8) is 0 Å². The van der Waals surface area contributed by atoms with Crippen LogP contribution in [-0.4, -0.2) is 52.4 Å². The van der Waals surface area contributed by atoms with Gasteiger partial charge in [-0.3, -0.25) is 4.98 Å². The minimum absolute atomic E-state index is 0.247. The second-order valence-electron chi connectivity index (χ2n) is 8.13. The lowest BCUT2D eigenvalue weighted by Crippen LogP contribution is -2.47. The highest BCUT2D eigenvalue weighted by Gasteiger charge is 2.27. The number of likely N-dealkylation sites (tertiary alicyclic amines) is 1. The zero-order valence-electron chi connectivity index (χ0n) is 16.3. The average Bonchev–Trinajstić information content (AvgIpc) is 2.64. The number of nitrogens with zero attached hydrogens (tertiary/aromatic N) is 2. The number of amides is 1. The van der Waals surface area contributed by atoms with Crippen LogP contribution < -0.4 is 5.32 Å². The Morgan fingerprint density at radius 3 is 2.74 bits per heavy atom. The number of aliphatic hydroxyl groups excluding tert-OH is 1. The maximum atomic E-state index is 12.1. The molecule has 1 fully saturated rings. The van der Waals surface area contributed by atoms with Crippen molar-refractivity contribution in [2.24, 2.45) is 0 Å². The number of rotatable bonds is 4. The highest BCUT2D eigenvalue weighted by Crippen LogP contribution is 2.19. The number of pyridine rings is 1. The number of carbonyl (C=O) groups excluding carboxylic acids is 1. The van der Waals surface area contributed by atoms with E-state index in [1.54, 1.807) is 11.1 Å². The second-order valence-corrected chi connectivity index (χ2v) is 8.13. The van der Waals surface area contributed by atoms with E-state index in [0.29, 0.717) is 19.6 Å². The number of fused-ring (bicyclic) bond motifs is 1. The van der Waals surface area contributed by atoms with E-state index >= 15 is 0 Å². The number of piperidine rings is 1. The monoisotopic (exact) mass is 371 g/mol. The SMILES string of the molecule is CC(C)(C)OC(=O)N1CCC(NCC(O)c2cnc3ccccc3c2)CC1. The van der Waals surface area contributed by atoms with Crippen LogP contribution in [0.1, 0.15) is 45.3 Å². The summed E-state index contributed by atoms with van der Waals surface area (Å²) < 4.78 is 5.42. The number of nitrogens with one attached hydrogen (secondary N) is 1. The third-order valence-corrected chi connectivity index (χ3v) is 4.74. The van der Waals surface area contributed by atoms with E-state index in [4.69, 9.17) is 4.74 Å². The predicted octanol–water partition coefficient (Wildman–Crippen LogP) is 3.26. The highest BCUT2D eigenvalue weighted by molar-refractivity contribution is 5.78. The van der Waals surface area contributed by atoms with Gasteiger partial charge in [-0.25, -0.2) is 4.79 Å². The molecule has 6 heteroatoms. The second kappa shape index (κ2) is 8.23. The molecule has 146 valence electrons. The minimum atomic E-state index is -0.606. The van der Waals surface area contributed by atoms with Crippen LogP contribution in [0.5, 0.6) is 0 Å². The standard InChI is InChI=1S/C21H29N3O3/c1-21(2,3)27-20(26)24-10-8-17(9-11-24)22-14-19(25)16-12-15-6-4-5-7-18(15)23-13-16/h4-7,12-13,17,19,22,25H,8-11,14H2,1-3H3. The van der Waals surface area contributed by atoms with Gasteiger partial charge < -0.3 is 20.1 Å². The lowest BCUT2D eigenvalue weighted by molar-refractivity contribution is 0.0194. The number of hydrogen-bond acceptors (Lipinski definition) is 5. The molecule has 1 atom stereocenters. The Hall–Kier alpha value is -2.18. The molecule has 1 aliphatic heterocycles. The molecule has 0 bridgehead atoms. The van der Waals surface area contributed by atoms with Crippen LogP contribution >= 0.6 is 0 Å². The molecule has 1 aliphatic rings. The van der Waals surface area contributed by atoms with Gasteiger partial charge in [-0.05, 0) is 45.7 Å². The summed E-state index contributed by atoms with van der Waals surface area (Å²) in [7, 11) is 0. The van der Waals surface area contributed by atoms with Gasteiger partial charge in [0.05, 0.1) is 11.6 Å². The summed E-state index contributed by atoms with van der Waals surface area (Å²) in [6, 6.07) is 10.2. The van der Waals surface area contributed by atoms with Crippen LogP contribution in [0.4, 0.5) is 4.79 Å². The first kappa shape index (κ1) is 19.6. The van der Waals surface area contributed by atoms with Gasteiger partial charge in [-0.15, -0.1) is 0 Å². The van der Waals surface area contributed by atoms with Gasteiger partial charge in [0.25, 0.3) is 0 Å². The van der Waals surface area contributed by atoms with Crippen molar-refractivity contribution < 1.29 is 14.6 Å². The smallest absolute Gasteiger partial charge is 0.410 e. The molecule has 1 amide bonds. The lowest BCUT2D eigenvalue weighted by atomic mass is 10.0. The normalized spacial score (nSPS) is 17.1. The van der Waals surface area contributed by atoms with E-state index < -0.39 is 11.7 Å². The molecule has 1 aromatic carbocycles. The largest absolute Gasteiger partial charge is 0.444 e. The van der Waals surface area contributed by atoms with Gasteiger partial charge in [0.1, 0.15) is 5.60 Å². The van der Waals surface area contributed by atoms with Crippen molar-refractivity contribution in [2.75, 3.05) is 19.6 Å². The molecule has 2 aromatic rings. The Bertz CT molecular complexity index is 780. The van der Waals surface area contributed by atoms with Crippen LogP contribution in [-0.2, 0) is 4.74 Å². The molecule has 1 unspecified atom stereocenters. The van der Waals surface area contributed by atoms with E-state index in [1.165, 1.54) is 0 Å². The summed E-state index contributed by atoms with van der Waals surface area (Å²) in [4.78, 5) is 18.3. The van der Waals surface area contributed by atoms with Crippen molar-refractivity contribution in [3.05, 3.63) is 42.1 Å². The molecule has 2 heterocycles. The summed E-state index contributed by atoms with van der Waals surface area (Å²) in [6.07, 6.45) is 2.58. The maximum Gasteiger partial charge on any atom is 0.410 e. The number of ether oxygens (including phenoxy) is 1. The van der Waals surface area contributed by atoms with E-state index in [1.807, 2.05) is 51.1 Å². The fourth-order valence-corrected chi connectivity index (χ4v) is 3.26. The summed E-state index contributed by atoms with van der Waals surface area (Å²) in [5, 5.41) is 14.9. The molecule has 0 radical (unpaired) electrons. The third kappa shape index (κ3) is 5.40. The van der Waals surface area contributed by atoms with Crippen molar-refractivity contribution in [2.45, 2.75) is 51.4 Å². The van der Waals surface area contributed by atoms with Crippen molar-refractivity contribution in [1.82, 2.24) is 15.2 Å². The molecule has 27 heavy (non-hydrogen) atoms. The molecule has 0 saturated carbocycles. The number of carbonyl (C=O) groups is 1. The molecular formula is C21H29N3O3. The van der Waals surface area contributed by atoms with Crippen LogP contribution in [0.3, 0.4) is 0 Å². The first-order chi connectivity index (χ1) is 12.8. The first-order valence-electron chi connectivity index (χ1n) is 9.56. The number of aromatic nitrogens is 1. The van der Waals surface area contributed by atoms with Crippen LogP contribution in [0.25, 0.3) is 10.9 Å². The molecule has 0 aliphatic carbocycles. The summed E-state index contributed by atoms with van der Waals surface area (Å²) in [5.74, 6) is 0. The Balaban J connectivity index is 1.47. The highest BCUT2D eigenvalue weighted by atomic mass is 16.6. The summed E-state index contributed by atoms with van der Waals surface area (Å²) in [5.41, 5.74) is 1.27. The Kier molecular flexibility index (Phi) is 5.97. The van der Waals surface area contributed by atoms with Gasteiger partial charge in [0.15, 0.2) is 0 Å². The minimum Gasteiger partial charge on any atom is -0.444 e. The number of hydrogen-bond donors (Lipinski definition) is 2. The van der Waals surface area contributed by atoms with Crippen molar-refractivity contribution in [3.8, 4) is 0 Å². The van der Waals surface area contributed by atoms with E-state index in [9.17, 15) is 9.90 Å². The predicted molar refractivity (Wildman–Crippen MR) is 106 cm³/mol. The van der Waals surface area contributed by atoms with Gasteiger partial charge in [-0.1, -0.05) is 18.2 Å². The summed E-state index contributed by atoms with van der Waals surface area (Å²) >= 11 is 0. The van der Waals surface area contributed by atoms with E-state index in [0.717, 1.165) is 29.3 Å². The number of benzene rings is 1. The van der Waals surface area contributed by atoms with Crippen LogP contribution in [0.15, 0.2) is 36.5 Å². The fourth-order valence-electron chi connectivity index (χ4n) is 3.26. The fraction of sp³-hybridized carbons (Fsp3) is 0.524. The molecule has 1 saturated heterocycles. The molecule has 1 aromatic heterocycles. The van der Waals surface area contributed by atoms with Gasteiger partial charge in [0.2, 0.25) is 0 Å². The van der Waals surface area contributed by atoms with Crippen LogP contribution in [0.2, 0.25) is 0 Å². The Morgan fingerprint density at radius 1 is 1.33 bits per heavy atom. The zero-order valence-corrected chi connectivity index (χ0v) is 16.3. The Morgan fingerprint density at radius 2 is 2.04 bits per heavy atom. The average molecular weight is 371 g/mol. The first-order valence-corrected chi connectivity index (χ1v) is 9.56. The molecular weight excluding hydrogens is 342 g/mol. The van der Waals surface area contributed by atoms with Gasteiger partial charge in [0, 0.05) is 42.8 Å². The quantitative estimate of drug-likeness (QED) is 0.863. The number of aliphatic hydroxyl groups is 1. The topological polar surface area (TPSA) is 74.7 Å². The third-order valence-electron chi connectivity index (χ3n) is 4.74. The molecule has 3 rings (SSSR count). The van der Waals surface area contributed by atoms with Gasteiger partial charge in [-0.2, -0.15) is 0 Å². The van der Waals surface area contributed by atoms with Crippen LogP contribution in [0, 0.1) is 0 Å². The van der Waals surface area contributed by atoms with Crippen molar-refractivity contribution >= 4 is 17.0 Å². The molecule has 6 nitrogen and oxygen atoms in total. The molecule has 2 N–H and O–H groups in total. The lowest BCUT2D eigenvalue weighted by Gasteiger charge is -2.34. The zero-order chi connectivity index (χ0) is 19.4. The van der Waals surface area contributed by atoms with E-state index in [-0.39, 0.29) is 12.1 Å². The van der Waals surface area contributed by atoms with Crippen molar-refractivity contribution in [1.29, 1.82) is 0 Å². The maximum absolute atomic E-state index is 12.1. The molecule has 0 spiro atoms. The summed E-state index contributed by atoms with van der Waals surface area (Å²) in [6.45, 7) is 7.43. The number of para-hydroxylation sites is 1.